The van der Waals surface area contributed by atoms with Gasteiger partial charge in [0.2, 0.25) is 0 Å². The summed E-state index contributed by atoms with van der Waals surface area (Å²) in [5.74, 6) is 0.921. The van der Waals surface area contributed by atoms with E-state index < -0.39 is 5.41 Å². The molecule has 0 bridgehead atoms. The van der Waals surface area contributed by atoms with Crippen LogP contribution in [0.1, 0.15) is 36.7 Å². The van der Waals surface area contributed by atoms with Crippen LogP contribution in [0.3, 0.4) is 0 Å². The Balaban J connectivity index is 1.96. The summed E-state index contributed by atoms with van der Waals surface area (Å²) in [6, 6.07) is 10.8. The molecule has 1 atom stereocenters. The van der Waals surface area contributed by atoms with Crippen LogP contribution in [0.4, 0.5) is 0 Å². The van der Waals surface area contributed by atoms with E-state index in [9.17, 15) is 5.26 Å². The molecule has 4 heteroatoms. The highest BCUT2D eigenvalue weighted by molar-refractivity contribution is 5.44. The lowest BCUT2D eigenvalue weighted by Gasteiger charge is -2.21. The van der Waals surface area contributed by atoms with Gasteiger partial charge in [-0.05, 0) is 30.4 Å². The molecule has 0 aliphatic heterocycles. The molecular weight excluding hydrogens is 248 g/mol. The molecule has 0 fully saturated rings. The molecule has 102 valence electrons. The Morgan fingerprint density at radius 2 is 2.25 bits per heavy atom. The van der Waals surface area contributed by atoms with Crippen LogP contribution < -0.4 is 0 Å². The maximum Gasteiger partial charge on any atom is 0.138 e. The van der Waals surface area contributed by atoms with Crippen LogP contribution in [0.15, 0.2) is 30.6 Å². The van der Waals surface area contributed by atoms with Crippen molar-refractivity contribution in [1.82, 2.24) is 14.8 Å². The summed E-state index contributed by atoms with van der Waals surface area (Å²) in [6.45, 7) is 2.98. The second kappa shape index (κ2) is 5.09. The first-order valence-corrected chi connectivity index (χ1v) is 7.15. The van der Waals surface area contributed by atoms with E-state index in [2.05, 4.69) is 35.2 Å². The number of fused-ring (bicyclic) bond motifs is 1. The molecule has 0 amide bonds. The van der Waals surface area contributed by atoms with Gasteiger partial charge in [0.25, 0.3) is 0 Å². The van der Waals surface area contributed by atoms with Gasteiger partial charge in [-0.1, -0.05) is 31.2 Å². The van der Waals surface area contributed by atoms with Crippen molar-refractivity contribution in [3.63, 3.8) is 0 Å². The zero-order valence-electron chi connectivity index (χ0n) is 11.7. The van der Waals surface area contributed by atoms with Crippen molar-refractivity contribution in [2.75, 3.05) is 0 Å². The molecule has 0 radical (unpaired) electrons. The molecule has 4 nitrogen and oxygen atoms in total. The van der Waals surface area contributed by atoms with Gasteiger partial charge < -0.3 is 0 Å². The standard InChI is InChI=1S/C16H18N4/c1-2-9-20-15(18-12-19-20)10-16(11-17)8-7-13-5-3-4-6-14(13)16/h3-6,12H,2,7-10H2,1H3. The predicted molar refractivity (Wildman–Crippen MR) is 76.1 cm³/mol. The first-order chi connectivity index (χ1) is 9.79. The smallest absolute Gasteiger partial charge is 0.138 e. The quantitative estimate of drug-likeness (QED) is 0.854. The Morgan fingerprint density at radius 3 is 3.05 bits per heavy atom. The van der Waals surface area contributed by atoms with Crippen molar-refractivity contribution in [2.24, 2.45) is 0 Å². The number of hydrogen-bond acceptors (Lipinski definition) is 3. The fourth-order valence-corrected chi connectivity index (χ4v) is 3.12. The number of nitriles is 1. The van der Waals surface area contributed by atoms with Crippen LogP contribution in [-0.2, 0) is 24.8 Å². The van der Waals surface area contributed by atoms with E-state index in [0.29, 0.717) is 6.42 Å². The molecule has 20 heavy (non-hydrogen) atoms. The Kier molecular flexibility index (Phi) is 3.27. The van der Waals surface area contributed by atoms with Gasteiger partial charge in [-0.15, -0.1) is 0 Å². The summed E-state index contributed by atoms with van der Waals surface area (Å²) >= 11 is 0. The monoisotopic (exact) mass is 266 g/mol. The molecule has 0 spiro atoms. The average Bonchev–Trinajstić information content (AvgIpc) is 3.06. The maximum atomic E-state index is 9.78. The summed E-state index contributed by atoms with van der Waals surface area (Å²) in [7, 11) is 0. The number of hydrogen-bond donors (Lipinski definition) is 0. The lowest BCUT2D eigenvalue weighted by atomic mass is 9.80. The van der Waals surface area contributed by atoms with E-state index in [1.807, 2.05) is 16.8 Å². The van der Waals surface area contributed by atoms with Crippen molar-refractivity contribution in [1.29, 1.82) is 5.26 Å². The van der Waals surface area contributed by atoms with Gasteiger partial charge in [-0.2, -0.15) is 10.4 Å². The highest BCUT2D eigenvalue weighted by Gasteiger charge is 2.40. The second-order valence-corrected chi connectivity index (χ2v) is 5.43. The van der Waals surface area contributed by atoms with Crippen molar-refractivity contribution >= 4 is 0 Å². The molecule has 1 aromatic carbocycles. The molecule has 0 N–H and O–H groups in total. The van der Waals surface area contributed by atoms with Crippen molar-refractivity contribution in [3.05, 3.63) is 47.5 Å². The van der Waals surface area contributed by atoms with Gasteiger partial charge >= 0.3 is 0 Å². The molecule has 2 aromatic rings. The maximum absolute atomic E-state index is 9.78. The van der Waals surface area contributed by atoms with E-state index in [1.165, 1.54) is 11.1 Å². The van der Waals surface area contributed by atoms with Gasteiger partial charge in [0.05, 0.1) is 11.5 Å². The molecule has 1 aliphatic carbocycles. The normalized spacial score (nSPS) is 20.6. The minimum atomic E-state index is -0.435. The number of aromatic nitrogens is 3. The zero-order valence-corrected chi connectivity index (χ0v) is 11.7. The van der Waals surface area contributed by atoms with E-state index >= 15 is 0 Å². The van der Waals surface area contributed by atoms with Crippen LogP contribution in [0.25, 0.3) is 0 Å². The predicted octanol–water partition coefficient (Wildman–Crippen LogP) is 2.64. The van der Waals surface area contributed by atoms with Crippen LogP contribution >= 0.6 is 0 Å². The van der Waals surface area contributed by atoms with Crippen LogP contribution in [0, 0.1) is 11.3 Å². The van der Waals surface area contributed by atoms with Gasteiger partial charge in [0.1, 0.15) is 12.2 Å². The van der Waals surface area contributed by atoms with Crippen molar-refractivity contribution < 1.29 is 0 Å². The topological polar surface area (TPSA) is 54.5 Å². The first-order valence-electron chi connectivity index (χ1n) is 7.15. The zero-order chi connectivity index (χ0) is 14.0. The summed E-state index contributed by atoms with van der Waals surface area (Å²) in [6.07, 6.45) is 5.12. The van der Waals surface area contributed by atoms with E-state index in [0.717, 1.165) is 31.6 Å². The molecular formula is C16H18N4. The fourth-order valence-electron chi connectivity index (χ4n) is 3.12. The summed E-state index contributed by atoms with van der Waals surface area (Å²) < 4.78 is 1.93. The lowest BCUT2D eigenvalue weighted by Crippen LogP contribution is -2.26. The molecule has 3 rings (SSSR count). The highest BCUT2D eigenvalue weighted by atomic mass is 15.3. The SMILES string of the molecule is CCCn1ncnc1CC1(C#N)CCc2ccccc21. The van der Waals surface area contributed by atoms with Crippen molar-refractivity contribution in [2.45, 2.75) is 44.6 Å². The third-order valence-corrected chi connectivity index (χ3v) is 4.16. The third kappa shape index (κ3) is 2.00. The number of benzene rings is 1. The van der Waals surface area contributed by atoms with E-state index in [4.69, 9.17) is 0 Å². The first kappa shape index (κ1) is 12.9. The van der Waals surface area contributed by atoms with Crippen molar-refractivity contribution in [3.8, 4) is 6.07 Å². The highest BCUT2D eigenvalue weighted by Crippen LogP contribution is 2.40. The Labute approximate surface area is 119 Å². The van der Waals surface area contributed by atoms with E-state index in [-0.39, 0.29) is 0 Å². The molecule has 1 aliphatic rings. The van der Waals surface area contributed by atoms with E-state index in [1.54, 1.807) is 6.33 Å². The lowest BCUT2D eigenvalue weighted by molar-refractivity contribution is 0.486. The van der Waals surface area contributed by atoms with Gasteiger partial charge in [0, 0.05) is 13.0 Å². The fraction of sp³-hybridized carbons (Fsp3) is 0.438. The summed E-state index contributed by atoms with van der Waals surface area (Å²) in [5, 5.41) is 14.0. The molecule has 0 saturated carbocycles. The van der Waals surface area contributed by atoms with Crippen LogP contribution in [0.2, 0.25) is 0 Å². The third-order valence-electron chi connectivity index (χ3n) is 4.16. The Bertz CT molecular complexity index is 652. The summed E-state index contributed by atoms with van der Waals surface area (Å²) in [4.78, 5) is 4.36. The minimum Gasteiger partial charge on any atom is -0.250 e. The average molecular weight is 266 g/mol. The molecule has 1 heterocycles. The van der Waals surface area contributed by atoms with Crippen LogP contribution in [-0.4, -0.2) is 14.8 Å². The van der Waals surface area contributed by atoms with Gasteiger partial charge in [-0.3, -0.25) is 4.68 Å². The molecule has 1 unspecified atom stereocenters. The van der Waals surface area contributed by atoms with Crippen LogP contribution in [0.5, 0.6) is 0 Å². The molecule has 1 aromatic heterocycles. The Hall–Kier alpha value is -2.15. The number of rotatable bonds is 4. The second-order valence-electron chi connectivity index (χ2n) is 5.43. The Morgan fingerprint density at radius 1 is 1.40 bits per heavy atom. The van der Waals surface area contributed by atoms with Gasteiger partial charge in [-0.25, -0.2) is 4.98 Å². The van der Waals surface area contributed by atoms with Gasteiger partial charge in [0.15, 0.2) is 0 Å². The largest absolute Gasteiger partial charge is 0.250 e. The summed E-state index contributed by atoms with van der Waals surface area (Å²) in [5.41, 5.74) is 2.04. The number of aryl methyl sites for hydroxylation is 2. The number of nitrogens with zero attached hydrogens (tertiary/aromatic N) is 4. The molecule has 0 saturated heterocycles. The minimum absolute atomic E-state index is 0.435.